The van der Waals surface area contributed by atoms with E-state index in [0.29, 0.717) is 18.4 Å². The normalized spacial score (nSPS) is 12.5. The first-order valence-corrected chi connectivity index (χ1v) is 5.36. The van der Waals surface area contributed by atoms with Gasteiger partial charge in [0, 0.05) is 6.42 Å². The van der Waals surface area contributed by atoms with E-state index in [4.69, 9.17) is 0 Å². The summed E-state index contributed by atoms with van der Waals surface area (Å²) in [6.45, 7) is 1.68. The Bertz CT molecular complexity index is 444. The van der Waals surface area contributed by atoms with Crippen LogP contribution in [0.3, 0.4) is 0 Å². The lowest BCUT2D eigenvalue weighted by atomic mass is 10.0. The van der Waals surface area contributed by atoms with Gasteiger partial charge in [-0.05, 0) is 31.0 Å². The van der Waals surface area contributed by atoms with Crippen LogP contribution in [0.25, 0.3) is 0 Å². The lowest BCUT2D eigenvalue weighted by Crippen LogP contribution is -2.17. The number of hydrogen-bond donors (Lipinski definition) is 1. The molecule has 0 aliphatic carbocycles. The molecule has 1 aromatic rings. The van der Waals surface area contributed by atoms with Crippen LogP contribution < -0.4 is 4.74 Å². The smallest absolute Gasteiger partial charge is 0.406 e. The SMILES string of the molecule is CC#CCCC(O)c1cccc(OC(F)(F)F)c1. The van der Waals surface area contributed by atoms with Crippen LogP contribution in [0.2, 0.25) is 0 Å². The molecule has 18 heavy (non-hydrogen) atoms. The van der Waals surface area contributed by atoms with E-state index < -0.39 is 12.5 Å². The number of alkyl halides is 3. The van der Waals surface area contributed by atoms with Gasteiger partial charge in [-0.2, -0.15) is 0 Å². The summed E-state index contributed by atoms with van der Waals surface area (Å²) < 4.78 is 39.8. The van der Waals surface area contributed by atoms with Crippen LogP contribution in [-0.4, -0.2) is 11.5 Å². The first-order valence-electron chi connectivity index (χ1n) is 5.36. The minimum atomic E-state index is -4.72. The summed E-state index contributed by atoms with van der Waals surface area (Å²) in [6, 6.07) is 5.32. The second kappa shape index (κ2) is 6.31. The Morgan fingerprint density at radius 1 is 1.39 bits per heavy atom. The molecule has 0 spiro atoms. The molecule has 1 atom stereocenters. The first kappa shape index (κ1) is 14.4. The van der Waals surface area contributed by atoms with Crippen molar-refractivity contribution in [2.75, 3.05) is 0 Å². The topological polar surface area (TPSA) is 29.5 Å². The van der Waals surface area contributed by atoms with Crippen LogP contribution in [0.5, 0.6) is 5.75 Å². The van der Waals surface area contributed by atoms with Gasteiger partial charge < -0.3 is 9.84 Å². The molecule has 0 aliphatic heterocycles. The van der Waals surface area contributed by atoms with Crippen molar-refractivity contribution in [2.45, 2.75) is 32.2 Å². The van der Waals surface area contributed by atoms with Gasteiger partial charge in [0.05, 0.1) is 6.10 Å². The van der Waals surface area contributed by atoms with E-state index in [1.165, 1.54) is 18.2 Å². The van der Waals surface area contributed by atoms with Crippen molar-refractivity contribution in [1.82, 2.24) is 0 Å². The Morgan fingerprint density at radius 3 is 2.72 bits per heavy atom. The quantitative estimate of drug-likeness (QED) is 0.838. The molecule has 98 valence electrons. The lowest BCUT2D eigenvalue weighted by Gasteiger charge is -2.12. The average molecular weight is 258 g/mol. The van der Waals surface area contributed by atoms with E-state index in [-0.39, 0.29) is 5.75 Å². The lowest BCUT2D eigenvalue weighted by molar-refractivity contribution is -0.274. The third-order valence-electron chi connectivity index (χ3n) is 2.20. The molecule has 5 heteroatoms. The summed E-state index contributed by atoms with van der Waals surface area (Å²) >= 11 is 0. The van der Waals surface area contributed by atoms with Gasteiger partial charge in [-0.3, -0.25) is 0 Å². The molecule has 1 N–H and O–H groups in total. The molecule has 1 rings (SSSR count). The zero-order valence-corrected chi connectivity index (χ0v) is 9.79. The van der Waals surface area contributed by atoms with Crippen LogP contribution in [0.4, 0.5) is 13.2 Å². The van der Waals surface area contributed by atoms with Gasteiger partial charge in [-0.1, -0.05) is 12.1 Å². The number of rotatable bonds is 4. The zero-order chi connectivity index (χ0) is 13.6. The Balaban J connectivity index is 2.71. The van der Waals surface area contributed by atoms with Crippen molar-refractivity contribution in [3.8, 4) is 17.6 Å². The molecule has 2 nitrogen and oxygen atoms in total. The van der Waals surface area contributed by atoms with Crippen LogP contribution in [0.15, 0.2) is 24.3 Å². The molecule has 0 amide bonds. The third kappa shape index (κ3) is 5.11. The fourth-order valence-corrected chi connectivity index (χ4v) is 1.42. The summed E-state index contributed by atoms with van der Waals surface area (Å²) in [5.74, 6) is 5.13. The Hall–Kier alpha value is -1.67. The number of aliphatic hydroxyl groups is 1. The van der Waals surface area contributed by atoms with Crippen LogP contribution in [0, 0.1) is 11.8 Å². The number of benzene rings is 1. The van der Waals surface area contributed by atoms with Crippen LogP contribution in [0.1, 0.15) is 31.4 Å². The highest BCUT2D eigenvalue weighted by Gasteiger charge is 2.31. The number of halogens is 3. The van der Waals surface area contributed by atoms with E-state index in [2.05, 4.69) is 16.6 Å². The van der Waals surface area contributed by atoms with Gasteiger partial charge >= 0.3 is 6.36 Å². The van der Waals surface area contributed by atoms with E-state index in [1.807, 2.05) is 0 Å². The summed E-state index contributed by atoms with van der Waals surface area (Å²) in [5, 5.41) is 9.77. The number of aliphatic hydroxyl groups excluding tert-OH is 1. The van der Waals surface area contributed by atoms with Crippen molar-refractivity contribution >= 4 is 0 Å². The van der Waals surface area contributed by atoms with Crippen molar-refractivity contribution in [2.24, 2.45) is 0 Å². The maximum Gasteiger partial charge on any atom is 0.573 e. The van der Waals surface area contributed by atoms with Gasteiger partial charge in [0.1, 0.15) is 5.75 Å². The molecule has 0 fully saturated rings. The molecule has 1 unspecified atom stereocenters. The molecule has 0 saturated heterocycles. The average Bonchev–Trinajstić information content (AvgIpc) is 2.27. The maximum atomic E-state index is 12.0. The molecule has 0 aliphatic rings. The first-order chi connectivity index (χ1) is 8.42. The predicted octanol–water partition coefficient (Wildman–Crippen LogP) is 3.42. The molecule has 0 radical (unpaired) electrons. The van der Waals surface area contributed by atoms with Crippen molar-refractivity contribution < 1.29 is 23.0 Å². The minimum Gasteiger partial charge on any atom is -0.406 e. The summed E-state index contributed by atoms with van der Waals surface area (Å²) in [6.07, 6.45) is -4.71. The molecular weight excluding hydrogens is 245 g/mol. The summed E-state index contributed by atoms with van der Waals surface area (Å²) in [5.41, 5.74) is 0.384. The molecule has 0 bridgehead atoms. The van der Waals surface area contributed by atoms with Gasteiger partial charge in [0.2, 0.25) is 0 Å². The van der Waals surface area contributed by atoms with E-state index in [0.717, 1.165) is 0 Å². The molecule has 0 heterocycles. The summed E-state index contributed by atoms with van der Waals surface area (Å²) in [7, 11) is 0. The molecule has 0 saturated carbocycles. The van der Waals surface area contributed by atoms with Gasteiger partial charge in [-0.25, -0.2) is 0 Å². The fourth-order valence-electron chi connectivity index (χ4n) is 1.42. The largest absolute Gasteiger partial charge is 0.573 e. The Kier molecular flexibility index (Phi) is 5.05. The van der Waals surface area contributed by atoms with Gasteiger partial charge in [-0.15, -0.1) is 25.0 Å². The predicted molar refractivity (Wildman–Crippen MR) is 60.8 cm³/mol. The second-order valence-corrected chi connectivity index (χ2v) is 3.60. The molecule has 0 aromatic heterocycles. The Labute approximate surface area is 103 Å². The van der Waals surface area contributed by atoms with Crippen LogP contribution in [-0.2, 0) is 0 Å². The highest BCUT2D eigenvalue weighted by atomic mass is 19.4. The summed E-state index contributed by atoms with van der Waals surface area (Å²) in [4.78, 5) is 0. The Morgan fingerprint density at radius 2 is 2.11 bits per heavy atom. The monoisotopic (exact) mass is 258 g/mol. The van der Waals surface area contributed by atoms with Gasteiger partial charge in [0.25, 0.3) is 0 Å². The zero-order valence-electron chi connectivity index (χ0n) is 9.79. The third-order valence-corrected chi connectivity index (χ3v) is 2.20. The highest BCUT2D eigenvalue weighted by Crippen LogP contribution is 2.26. The highest BCUT2D eigenvalue weighted by molar-refractivity contribution is 5.30. The van der Waals surface area contributed by atoms with Crippen LogP contribution >= 0.6 is 0 Å². The van der Waals surface area contributed by atoms with Crippen molar-refractivity contribution in [3.63, 3.8) is 0 Å². The number of ether oxygens (including phenoxy) is 1. The van der Waals surface area contributed by atoms with Crippen molar-refractivity contribution in [1.29, 1.82) is 0 Å². The second-order valence-electron chi connectivity index (χ2n) is 3.60. The van der Waals surface area contributed by atoms with E-state index in [1.54, 1.807) is 13.0 Å². The standard InChI is InChI=1S/C13H13F3O2/c1-2-3-4-8-12(17)10-6-5-7-11(9-10)18-13(14,15)16/h5-7,9,12,17H,4,8H2,1H3. The van der Waals surface area contributed by atoms with Gasteiger partial charge in [0.15, 0.2) is 0 Å². The fraction of sp³-hybridized carbons (Fsp3) is 0.385. The van der Waals surface area contributed by atoms with E-state index in [9.17, 15) is 18.3 Å². The maximum absolute atomic E-state index is 12.0. The van der Waals surface area contributed by atoms with E-state index >= 15 is 0 Å². The number of hydrogen-bond acceptors (Lipinski definition) is 2. The molecule has 1 aromatic carbocycles. The van der Waals surface area contributed by atoms with Crippen molar-refractivity contribution in [3.05, 3.63) is 29.8 Å². The minimum absolute atomic E-state index is 0.333. The molecular formula is C13H13F3O2.